The van der Waals surface area contributed by atoms with Crippen LogP contribution in [0.15, 0.2) is 24.3 Å². The maximum Gasteiger partial charge on any atom is 0.315 e. The second kappa shape index (κ2) is 6.45. The van der Waals surface area contributed by atoms with Gasteiger partial charge in [0.05, 0.1) is 0 Å². The van der Waals surface area contributed by atoms with Crippen molar-refractivity contribution in [3.63, 3.8) is 0 Å². The fraction of sp³-hybridized carbons (Fsp3) is 0.684. The highest BCUT2D eigenvalue weighted by Gasteiger charge is 2.63. The molecule has 0 radical (unpaired) electrons. The van der Waals surface area contributed by atoms with Crippen molar-refractivity contribution >= 4 is 0 Å². The summed E-state index contributed by atoms with van der Waals surface area (Å²) in [6, 6.07) is 6.66. The van der Waals surface area contributed by atoms with Gasteiger partial charge in [0.25, 0.3) is 0 Å². The molecule has 0 aliphatic rings. The molecule has 0 atom stereocenters. The fourth-order valence-electron chi connectivity index (χ4n) is 2.39. The summed E-state index contributed by atoms with van der Waals surface area (Å²) in [6.45, 7) is 9.93. The second-order valence-electron chi connectivity index (χ2n) is 7.63. The lowest BCUT2D eigenvalue weighted by atomic mass is 9.77. The summed E-state index contributed by atoms with van der Waals surface area (Å²) in [6.07, 6.45) is -0.124. The molecule has 23 heavy (non-hydrogen) atoms. The number of benzene rings is 1. The number of rotatable bonds is 7. The lowest BCUT2D eigenvalue weighted by Crippen LogP contribution is -2.52. The van der Waals surface area contributed by atoms with E-state index in [1.807, 2.05) is 26.8 Å². The van der Waals surface area contributed by atoms with E-state index < -0.39 is 23.7 Å². The van der Waals surface area contributed by atoms with E-state index in [0.717, 1.165) is 12.0 Å². The van der Waals surface area contributed by atoms with Crippen LogP contribution in [0.1, 0.15) is 65.5 Å². The SMILES string of the molecule is CCC(C)(C)c1cccc(CC(F)(F)C(F)(F)C(C)(C)CC)c1. The first-order valence-corrected chi connectivity index (χ1v) is 8.16. The van der Waals surface area contributed by atoms with Gasteiger partial charge in [0, 0.05) is 11.8 Å². The van der Waals surface area contributed by atoms with Gasteiger partial charge in [-0.05, 0) is 29.4 Å². The van der Waals surface area contributed by atoms with Crippen LogP contribution in [0, 0.1) is 5.41 Å². The van der Waals surface area contributed by atoms with Gasteiger partial charge < -0.3 is 0 Å². The van der Waals surface area contributed by atoms with Crippen molar-refractivity contribution in [3.8, 4) is 0 Å². The van der Waals surface area contributed by atoms with Crippen molar-refractivity contribution < 1.29 is 17.6 Å². The average molecular weight is 332 g/mol. The first-order valence-electron chi connectivity index (χ1n) is 8.16. The third kappa shape index (κ3) is 3.89. The van der Waals surface area contributed by atoms with Crippen LogP contribution in [-0.4, -0.2) is 11.8 Å². The van der Waals surface area contributed by atoms with Crippen molar-refractivity contribution in [1.82, 2.24) is 0 Å². The summed E-state index contributed by atoms with van der Waals surface area (Å²) in [7, 11) is 0. The Labute approximate surface area is 137 Å². The molecule has 0 amide bonds. The van der Waals surface area contributed by atoms with Crippen LogP contribution in [0.5, 0.6) is 0 Å². The molecule has 0 spiro atoms. The van der Waals surface area contributed by atoms with Gasteiger partial charge in [0.15, 0.2) is 0 Å². The highest BCUT2D eigenvalue weighted by molar-refractivity contribution is 5.30. The van der Waals surface area contributed by atoms with Crippen molar-refractivity contribution in [1.29, 1.82) is 0 Å². The second-order valence-corrected chi connectivity index (χ2v) is 7.63. The molecule has 0 nitrogen and oxygen atoms in total. The van der Waals surface area contributed by atoms with E-state index >= 15 is 0 Å². The molecule has 1 aromatic carbocycles. The first-order chi connectivity index (χ1) is 10.3. The average Bonchev–Trinajstić information content (AvgIpc) is 2.46. The zero-order valence-electron chi connectivity index (χ0n) is 14.9. The zero-order valence-corrected chi connectivity index (χ0v) is 14.9. The molecule has 0 bridgehead atoms. The van der Waals surface area contributed by atoms with Crippen LogP contribution in [0.2, 0.25) is 0 Å². The van der Waals surface area contributed by atoms with Gasteiger partial charge in [-0.3, -0.25) is 0 Å². The summed E-state index contributed by atoms with van der Waals surface area (Å²) in [5.74, 6) is -8.15. The zero-order chi connectivity index (χ0) is 18.1. The number of alkyl halides is 4. The summed E-state index contributed by atoms with van der Waals surface area (Å²) < 4.78 is 57.3. The quantitative estimate of drug-likeness (QED) is 0.492. The minimum Gasteiger partial charge on any atom is -0.200 e. The normalized spacial score (nSPS) is 14.2. The third-order valence-electron chi connectivity index (χ3n) is 5.21. The van der Waals surface area contributed by atoms with E-state index in [4.69, 9.17) is 0 Å². The molecule has 132 valence electrons. The number of hydrogen-bond donors (Lipinski definition) is 0. The largest absolute Gasteiger partial charge is 0.315 e. The van der Waals surface area contributed by atoms with Crippen LogP contribution in [0.4, 0.5) is 17.6 Å². The molecule has 1 aromatic rings. The maximum absolute atomic E-state index is 14.3. The Morgan fingerprint density at radius 1 is 0.870 bits per heavy atom. The van der Waals surface area contributed by atoms with E-state index in [2.05, 4.69) is 0 Å². The van der Waals surface area contributed by atoms with Crippen LogP contribution >= 0.6 is 0 Å². The van der Waals surface area contributed by atoms with Gasteiger partial charge >= 0.3 is 11.8 Å². The van der Waals surface area contributed by atoms with Crippen molar-refractivity contribution in [2.75, 3.05) is 0 Å². The Morgan fingerprint density at radius 2 is 1.43 bits per heavy atom. The van der Waals surface area contributed by atoms with E-state index in [1.165, 1.54) is 26.8 Å². The molecule has 0 aromatic heterocycles. The molecule has 1 rings (SSSR count). The fourth-order valence-corrected chi connectivity index (χ4v) is 2.39. The monoisotopic (exact) mass is 332 g/mol. The highest BCUT2D eigenvalue weighted by Crippen LogP contribution is 2.50. The number of hydrogen-bond acceptors (Lipinski definition) is 0. The van der Waals surface area contributed by atoms with E-state index in [-0.39, 0.29) is 17.4 Å². The molecule has 0 aliphatic heterocycles. The predicted molar refractivity (Wildman–Crippen MR) is 87.4 cm³/mol. The molecule has 0 saturated heterocycles. The summed E-state index contributed by atoms with van der Waals surface area (Å²) in [5.41, 5.74) is -0.778. The van der Waals surface area contributed by atoms with Crippen molar-refractivity contribution in [3.05, 3.63) is 35.4 Å². The van der Waals surface area contributed by atoms with Crippen LogP contribution in [-0.2, 0) is 11.8 Å². The molecule has 0 heterocycles. The Balaban J connectivity index is 3.14. The molecule has 0 saturated carbocycles. The molecule has 0 N–H and O–H groups in total. The van der Waals surface area contributed by atoms with E-state index in [1.54, 1.807) is 12.1 Å². The lowest BCUT2D eigenvalue weighted by molar-refractivity contribution is -0.260. The van der Waals surface area contributed by atoms with Crippen molar-refractivity contribution in [2.45, 2.75) is 78.1 Å². The molecule has 0 fully saturated rings. The van der Waals surface area contributed by atoms with Gasteiger partial charge in [0.1, 0.15) is 0 Å². The van der Waals surface area contributed by atoms with Crippen LogP contribution < -0.4 is 0 Å². The summed E-state index contributed by atoms with van der Waals surface area (Å²) >= 11 is 0. The number of halogens is 4. The highest BCUT2D eigenvalue weighted by atomic mass is 19.3. The van der Waals surface area contributed by atoms with Gasteiger partial charge in [-0.1, -0.05) is 65.8 Å². The molecular formula is C19H28F4. The van der Waals surface area contributed by atoms with E-state index in [0.29, 0.717) is 0 Å². The van der Waals surface area contributed by atoms with E-state index in [9.17, 15) is 17.6 Å². The Morgan fingerprint density at radius 3 is 1.91 bits per heavy atom. The molecular weight excluding hydrogens is 304 g/mol. The van der Waals surface area contributed by atoms with Crippen LogP contribution in [0.25, 0.3) is 0 Å². The van der Waals surface area contributed by atoms with Crippen molar-refractivity contribution in [2.24, 2.45) is 5.41 Å². The minimum absolute atomic E-state index is 0.0154. The topological polar surface area (TPSA) is 0 Å². The van der Waals surface area contributed by atoms with Gasteiger partial charge in [-0.25, -0.2) is 0 Å². The first kappa shape index (κ1) is 20.0. The van der Waals surface area contributed by atoms with Gasteiger partial charge in [-0.15, -0.1) is 0 Å². The molecule has 0 aliphatic carbocycles. The lowest BCUT2D eigenvalue weighted by Gasteiger charge is -2.38. The standard InChI is InChI=1S/C19H28F4/c1-7-16(3,4)15-11-9-10-14(12-15)13-18(20,21)19(22,23)17(5,6)8-2/h9-12H,7-8,13H2,1-6H3. The Hall–Kier alpha value is -1.06. The minimum atomic E-state index is -4.08. The summed E-state index contributed by atoms with van der Waals surface area (Å²) in [5, 5.41) is 0. The predicted octanol–water partition coefficient (Wildman–Crippen LogP) is 6.62. The third-order valence-corrected chi connectivity index (χ3v) is 5.21. The van der Waals surface area contributed by atoms with Gasteiger partial charge in [-0.2, -0.15) is 17.6 Å². The molecule has 0 unspecified atom stereocenters. The van der Waals surface area contributed by atoms with Gasteiger partial charge in [0.2, 0.25) is 0 Å². The smallest absolute Gasteiger partial charge is 0.200 e. The van der Waals surface area contributed by atoms with Crippen LogP contribution in [0.3, 0.4) is 0 Å². The Bertz CT molecular complexity index is 530. The Kier molecular flexibility index (Phi) is 5.60. The molecule has 4 heteroatoms. The summed E-state index contributed by atoms with van der Waals surface area (Å²) in [4.78, 5) is 0. The maximum atomic E-state index is 14.3.